The summed E-state index contributed by atoms with van der Waals surface area (Å²) in [7, 11) is 0. The topological polar surface area (TPSA) is 55.1 Å². The number of rotatable bonds is 4. The third-order valence-corrected chi connectivity index (χ3v) is 4.09. The summed E-state index contributed by atoms with van der Waals surface area (Å²) in [5, 5.41) is 3.06. The summed E-state index contributed by atoms with van der Waals surface area (Å²) in [4.78, 5) is 11.9. The summed E-state index contributed by atoms with van der Waals surface area (Å²) >= 11 is 0. The summed E-state index contributed by atoms with van der Waals surface area (Å²) in [6.45, 7) is 0.839. The van der Waals surface area contributed by atoms with Gasteiger partial charge in [-0.1, -0.05) is 6.07 Å². The number of nitrogens with one attached hydrogen (secondary N) is 1. The van der Waals surface area contributed by atoms with Crippen molar-refractivity contribution in [3.63, 3.8) is 0 Å². The first-order chi connectivity index (χ1) is 8.20. The molecule has 3 heteroatoms. The minimum absolute atomic E-state index is 0.00391. The fourth-order valence-corrected chi connectivity index (χ4v) is 2.62. The molecule has 0 radical (unpaired) electrons. The lowest BCUT2D eigenvalue weighted by atomic mass is 10.0. The van der Waals surface area contributed by atoms with Gasteiger partial charge in [-0.05, 0) is 55.2 Å². The zero-order chi connectivity index (χ0) is 11.9. The Morgan fingerprint density at radius 2 is 2.18 bits per heavy atom. The Hall–Kier alpha value is -1.51. The number of carbonyl (C=O) groups excluding carboxylic acids is 1. The average Bonchev–Trinajstić information content (AvgIpc) is 3.15. The maximum Gasteiger partial charge on any atom is 0.251 e. The van der Waals surface area contributed by atoms with Gasteiger partial charge in [0, 0.05) is 17.8 Å². The summed E-state index contributed by atoms with van der Waals surface area (Å²) in [6, 6.07) is 7.15. The van der Waals surface area contributed by atoms with Crippen molar-refractivity contribution in [2.75, 3.05) is 12.3 Å². The van der Waals surface area contributed by atoms with Gasteiger partial charge in [-0.2, -0.15) is 0 Å². The second kappa shape index (κ2) is 3.76. The van der Waals surface area contributed by atoms with Gasteiger partial charge in [0.2, 0.25) is 0 Å². The number of anilines is 1. The molecule has 0 spiro atoms. The molecule has 3 rings (SSSR count). The van der Waals surface area contributed by atoms with Gasteiger partial charge in [-0.15, -0.1) is 0 Å². The van der Waals surface area contributed by atoms with E-state index in [2.05, 4.69) is 5.32 Å². The fraction of sp³-hybridized carbons (Fsp3) is 0.500. The second-order valence-corrected chi connectivity index (χ2v) is 5.44. The van der Waals surface area contributed by atoms with Gasteiger partial charge in [0.05, 0.1) is 0 Å². The highest BCUT2D eigenvalue weighted by Crippen LogP contribution is 2.60. The van der Waals surface area contributed by atoms with Crippen LogP contribution in [-0.4, -0.2) is 12.5 Å². The Labute approximate surface area is 101 Å². The van der Waals surface area contributed by atoms with E-state index in [1.165, 1.54) is 25.7 Å². The van der Waals surface area contributed by atoms with Crippen LogP contribution < -0.4 is 11.1 Å². The molecule has 17 heavy (non-hydrogen) atoms. The number of carbonyl (C=O) groups is 1. The van der Waals surface area contributed by atoms with Crippen LogP contribution in [0.25, 0.3) is 0 Å². The lowest BCUT2D eigenvalue weighted by Crippen LogP contribution is -2.31. The first-order valence-corrected chi connectivity index (χ1v) is 6.33. The SMILES string of the molecule is Nc1cccc(C(=O)NCC2(C3CC3)CC2)c1. The lowest BCUT2D eigenvalue weighted by molar-refractivity contribution is 0.0942. The van der Waals surface area contributed by atoms with Crippen LogP contribution in [0.4, 0.5) is 5.69 Å². The van der Waals surface area contributed by atoms with Crippen molar-refractivity contribution in [2.24, 2.45) is 11.3 Å². The molecule has 0 bridgehead atoms. The Bertz CT molecular complexity index is 447. The third kappa shape index (κ3) is 2.14. The Morgan fingerprint density at radius 1 is 1.41 bits per heavy atom. The van der Waals surface area contributed by atoms with E-state index in [9.17, 15) is 4.79 Å². The average molecular weight is 230 g/mol. The highest BCUT2D eigenvalue weighted by molar-refractivity contribution is 5.95. The molecule has 0 unspecified atom stereocenters. The molecule has 1 aromatic carbocycles. The molecule has 2 aliphatic carbocycles. The number of nitrogens with two attached hydrogens (primary N) is 1. The highest BCUT2D eigenvalue weighted by Gasteiger charge is 2.53. The van der Waals surface area contributed by atoms with E-state index in [-0.39, 0.29) is 5.91 Å². The van der Waals surface area contributed by atoms with E-state index >= 15 is 0 Å². The van der Waals surface area contributed by atoms with Crippen molar-refractivity contribution >= 4 is 11.6 Å². The van der Waals surface area contributed by atoms with Crippen LogP contribution >= 0.6 is 0 Å². The Kier molecular flexibility index (Phi) is 2.35. The van der Waals surface area contributed by atoms with Crippen LogP contribution in [0.1, 0.15) is 36.0 Å². The van der Waals surface area contributed by atoms with Gasteiger partial charge in [-0.25, -0.2) is 0 Å². The molecule has 90 valence electrons. The smallest absolute Gasteiger partial charge is 0.251 e. The van der Waals surface area contributed by atoms with Gasteiger partial charge >= 0.3 is 0 Å². The second-order valence-electron chi connectivity index (χ2n) is 5.44. The minimum atomic E-state index is 0.00391. The molecule has 0 aliphatic heterocycles. The number of hydrogen-bond acceptors (Lipinski definition) is 2. The summed E-state index contributed by atoms with van der Waals surface area (Å²) in [5.74, 6) is 0.882. The van der Waals surface area contributed by atoms with Crippen molar-refractivity contribution in [1.82, 2.24) is 5.32 Å². The zero-order valence-electron chi connectivity index (χ0n) is 9.91. The first-order valence-electron chi connectivity index (χ1n) is 6.33. The zero-order valence-corrected chi connectivity index (χ0v) is 9.91. The number of hydrogen-bond donors (Lipinski definition) is 2. The maximum atomic E-state index is 11.9. The van der Waals surface area contributed by atoms with E-state index in [4.69, 9.17) is 5.73 Å². The summed E-state index contributed by atoms with van der Waals surface area (Å²) in [5.41, 5.74) is 7.43. The molecule has 1 amide bonds. The van der Waals surface area contributed by atoms with Crippen LogP contribution in [0.5, 0.6) is 0 Å². The van der Waals surface area contributed by atoms with Crippen LogP contribution in [-0.2, 0) is 0 Å². The van der Waals surface area contributed by atoms with E-state index in [1.807, 2.05) is 12.1 Å². The van der Waals surface area contributed by atoms with Gasteiger partial charge in [0.1, 0.15) is 0 Å². The molecule has 1 aromatic rings. The molecule has 3 N–H and O–H groups in total. The van der Waals surface area contributed by atoms with Gasteiger partial charge in [0.25, 0.3) is 5.91 Å². The monoisotopic (exact) mass is 230 g/mol. The van der Waals surface area contributed by atoms with Crippen LogP contribution in [0.15, 0.2) is 24.3 Å². The van der Waals surface area contributed by atoms with Crippen molar-refractivity contribution in [3.05, 3.63) is 29.8 Å². The predicted molar refractivity (Wildman–Crippen MR) is 67.6 cm³/mol. The van der Waals surface area contributed by atoms with Crippen molar-refractivity contribution in [3.8, 4) is 0 Å². The number of benzene rings is 1. The van der Waals surface area contributed by atoms with E-state index in [0.717, 1.165) is 12.5 Å². The fourth-order valence-electron chi connectivity index (χ4n) is 2.62. The molecular formula is C14H18N2O. The number of nitrogen functional groups attached to an aromatic ring is 1. The standard InChI is InChI=1S/C14H18N2O/c15-12-3-1-2-10(8-12)13(17)16-9-14(6-7-14)11-4-5-11/h1-3,8,11H,4-7,9,15H2,(H,16,17). The van der Waals surface area contributed by atoms with Gasteiger partial charge in [0.15, 0.2) is 0 Å². The summed E-state index contributed by atoms with van der Waals surface area (Å²) in [6.07, 6.45) is 5.28. The Morgan fingerprint density at radius 3 is 2.76 bits per heavy atom. The van der Waals surface area contributed by atoms with Crippen LogP contribution in [0.3, 0.4) is 0 Å². The lowest BCUT2D eigenvalue weighted by Gasteiger charge is -2.15. The quantitative estimate of drug-likeness (QED) is 0.779. The largest absolute Gasteiger partial charge is 0.399 e. The molecule has 0 saturated heterocycles. The van der Waals surface area contributed by atoms with Gasteiger partial charge in [-0.3, -0.25) is 4.79 Å². The van der Waals surface area contributed by atoms with Crippen molar-refractivity contribution in [2.45, 2.75) is 25.7 Å². The molecule has 3 nitrogen and oxygen atoms in total. The van der Waals surface area contributed by atoms with Crippen molar-refractivity contribution < 1.29 is 4.79 Å². The number of amides is 1. The van der Waals surface area contributed by atoms with Gasteiger partial charge < -0.3 is 11.1 Å². The van der Waals surface area contributed by atoms with Crippen LogP contribution in [0, 0.1) is 11.3 Å². The van der Waals surface area contributed by atoms with Crippen LogP contribution in [0.2, 0.25) is 0 Å². The Balaban J connectivity index is 1.60. The summed E-state index contributed by atoms with van der Waals surface area (Å²) < 4.78 is 0. The molecule has 2 aliphatic rings. The third-order valence-electron chi connectivity index (χ3n) is 4.09. The molecule has 0 heterocycles. The van der Waals surface area contributed by atoms with E-state index in [1.54, 1.807) is 12.1 Å². The molecule has 0 atom stereocenters. The van der Waals surface area contributed by atoms with Crippen molar-refractivity contribution in [1.29, 1.82) is 0 Å². The predicted octanol–water partition coefficient (Wildman–Crippen LogP) is 2.19. The molecular weight excluding hydrogens is 212 g/mol. The minimum Gasteiger partial charge on any atom is -0.399 e. The van der Waals surface area contributed by atoms with E-state index < -0.39 is 0 Å². The first kappa shape index (κ1) is 10.6. The molecule has 0 aromatic heterocycles. The van der Waals surface area contributed by atoms with E-state index in [0.29, 0.717) is 16.7 Å². The maximum absolute atomic E-state index is 11.9. The molecule has 2 saturated carbocycles. The highest BCUT2D eigenvalue weighted by atomic mass is 16.1. The normalized spacial score (nSPS) is 20.9. The molecule has 2 fully saturated rings.